The van der Waals surface area contributed by atoms with Crippen molar-refractivity contribution in [2.24, 2.45) is 22.3 Å². The van der Waals surface area contributed by atoms with E-state index in [-0.39, 0.29) is 6.04 Å². The SMILES string of the molecule is CN=CC(=CN)c1ccc2c(c1)C(Nc1cccc(N(C)C)c1)CCN(N)/C2=C(/C)N. The highest BCUT2D eigenvalue weighted by molar-refractivity contribution is 6.09. The Hall–Kier alpha value is -3.45. The van der Waals surface area contributed by atoms with Crippen LogP contribution in [0.5, 0.6) is 0 Å². The van der Waals surface area contributed by atoms with Crippen molar-refractivity contribution in [1.29, 1.82) is 0 Å². The van der Waals surface area contributed by atoms with E-state index in [1.807, 2.05) is 27.1 Å². The van der Waals surface area contributed by atoms with Gasteiger partial charge in [-0.1, -0.05) is 18.2 Å². The van der Waals surface area contributed by atoms with Crippen molar-refractivity contribution in [2.45, 2.75) is 19.4 Å². The lowest BCUT2D eigenvalue weighted by Gasteiger charge is -2.23. The van der Waals surface area contributed by atoms with Crippen LogP contribution in [0.2, 0.25) is 0 Å². The third-order valence-electron chi connectivity index (χ3n) is 5.49. The number of nitrogens with two attached hydrogens (primary N) is 3. The number of anilines is 2. The fourth-order valence-corrected chi connectivity index (χ4v) is 3.95. The summed E-state index contributed by atoms with van der Waals surface area (Å²) < 4.78 is 0. The third-order valence-corrected chi connectivity index (χ3v) is 5.49. The molecule has 1 aliphatic rings. The molecule has 1 aliphatic heterocycles. The molecule has 7 N–H and O–H groups in total. The lowest BCUT2D eigenvalue weighted by molar-refractivity contribution is 0.402. The molecule has 0 fully saturated rings. The standard InChI is InChI=1S/C24H33N7/c1-16(26)24-21-9-8-17(18(14-25)15-28-2)12-22(21)23(10-11-31(24)27)29-19-6-5-7-20(13-19)30(3)4/h5-9,12-15,23,29H,10-11,25-27H2,1-4H3/b18-14?,24-16-,28-15?. The van der Waals surface area contributed by atoms with Crippen LogP contribution in [0.25, 0.3) is 11.3 Å². The van der Waals surface area contributed by atoms with E-state index in [1.54, 1.807) is 24.5 Å². The summed E-state index contributed by atoms with van der Waals surface area (Å²) in [5.41, 5.74) is 19.9. The smallest absolute Gasteiger partial charge is 0.0777 e. The van der Waals surface area contributed by atoms with E-state index < -0.39 is 0 Å². The number of hydrogen-bond acceptors (Lipinski definition) is 7. The molecule has 0 radical (unpaired) electrons. The Labute approximate surface area is 184 Å². The summed E-state index contributed by atoms with van der Waals surface area (Å²) in [5, 5.41) is 5.46. The molecule has 0 aliphatic carbocycles. The minimum absolute atomic E-state index is 0.0489. The molecule has 0 bridgehead atoms. The molecule has 1 atom stereocenters. The fraction of sp³-hybridized carbons (Fsp3) is 0.292. The Morgan fingerprint density at radius 3 is 2.65 bits per heavy atom. The molecule has 0 aromatic heterocycles. The number of nitrogens with one attached hydrogen (secondary N) is 1. The first-order chi connectivity index (χ1) is 14.8. The molecule has 2 aromatic rings. The van der Waals surface area contributed by atoms with Crippen molar-refractivity contribution >= 4 is 28.9 Å². The Kier molecular flexibility index (Phi) is 6.87. The predicted molar refractivity (Wildman–Crippen MR) is 132 cm³/mol. The highest BCUT2D eigenvalue weighted by Crippen LogP contribution is 2.36. The van der Waals surface area contributed by atoms with Crippen molar-refractivity contribution < 1.29 is 0 Å². The highest BCUT2D eigenvalue weighted by atomic mass is 15.4. The van der Waals surface area contributed by atoms with Crippen molar-refractivity contribution in [1.82, 2.24) is 5.01 Å². The van der Waals surface area contributed by atoms with Crippen LogP contribution < -0.4 is 27.5 Å². The lowest BCUT2D eigenvalue weighted by atomic mass is 9.92. The van der Waals surface area contributed by atoms with E-state index in [0.717, 1.165) is 45.8 Å². The second-order valence-corrected chi connectivity index (χ2v) is 7.97. The molecule has 7 nitrogen and oxygen atoms in total. The van der Waals surface area contributed by atoms with E-state index in [2.05, 4.69) is 51.6 Å². The molecule has 7 heteroatoms. The Bertz CT molecular complexity index is 1020. The molecule has 1 unspecified atom stereocenters. The summed E-state index contributed by atoms with van der Waals surface area (Å²) in [5.74, 6) is 6.39. The van der Waals surface area contributed by atoms with Crippen molar-refractivity contribution in [3.05, 3.63) is 71.1 Å². The topological polar surface area (TPSA) is 109 Å². The highest BCUT2D eigenvalue weighted by Gasteiger charge is 2.26. The average Bonchev–Trinajstić information content (AvgIpc) is 2.88. The summed E-state index contributed by atoms with van der Waals surface area (Å²) in [6.07, 6.45) is 4.16. The quantitative estimate of drug-likeness (QED) is 0.438. The number of hydrogen-bond donors (Lipinski definition) is 4. The third kappa shape index (κ3) is 4.83. The monoisotopic (exact) mass is 419 g/mol. The van der Waals surface area contributed by atoms with E-state index in [9.17, 15) is 0 Å². The van der Waals surface area contributed by atoms with Crippen LogP contribution in [-0.2, 0) is 0 Å². The number of allylic oxidation sites excluding steroid dienone is 2. The van der Waals surface area contributed by atoms with E-state index in [4.69, 9.17) is 17.3 Å². The van der Waals surface area contributed by atoms with Crippen LogP contribution >= 0.6 is 0 Å². The van der Waals surface area contributed by atoms with Gasteiger partial charge < -0.3 is 26.7 Å². The van der Waals surface area contributed by atoms with E-state index >= 15 is 0 Å². The molecule has 2 aromatic carbocycles. The van der Waals surface area contributed by atoms with Crippen molar-refractivity contribution in [3.63, 3.8) is 0 Å². The largest absolute Gasteiger partial charge is 0.404 e. The summed E-state index contributed by atoms with van der Waals surface area (Å²) in [4.78, 5) is 6.22. The lowest BCUT2D eigenvalue weighted by Crippen LogP contribution is -2.31. The van der Waals surface area contributed by atoms with Gasteiger partial charge in [-0.2, -0.15) is 0 Å². The maximum Gasteiger partial charge on any atom is 0.0777 e. The first-order valence-corrected chi connectivity index (χ1v) is 10.4. The van der Waals surface area contributed by atoms with Crippen molar-refractivity contribution in [2.75, 3.05) is 37.9 Å². The molecule has 0 spiro atoms. The molecular formula is C24H33N7. The van der Waals surface area contributed by atoms with Gasteiger partial charge in [0.05, 0.1) is 11.7 Å². The van der Waals surface area contributed by atoms with Crippen LogP contribution in [0.1, 0.15) is 36.1 Å². The molecule has 31 heavy (non-hydrogen) atoms. The van der Waals surface area contributed by atoms with Gasteiger partial charge in [0.1, 0.15) is 0 Å². The summed E-state index contributed by atoms with van der Waals surface area (Å²) >= 11 is 0. The minimum atomic E-state index is 0.0489. The number of benzene rings is 2. The number of aliphatic imine (C=N–C) groups is 1. The maximum absolute atomic E-state index is 6.39. The van der Waals surface area contributed by atoms with Crippen molar-refractivity contribution in [3.8, 4) is 0 Å². The Morgan fingerprint density at radius 1 is 1.23 bits per heavy atom. The predicted octanol–water partition coefficient (Wildman–Crippen LogP) is 3.13. The van der Waals surface area contributed by atoms with Gasteiger partial charge >= 0.3 is 0 Å². The van der Waals surface area contributed by atoms with Gasteiger partial charge in [0, 0.05) is 68.3 Å². The first kappa shape index (κ1) is 22.2. The first-order valence-electron chi connectivity index (χ1n) is 10.4. The van der Waals surface area contributed by atoms with Crippen LogP contribution in [-0.4, -0.2) is 38.9 Å². The molecule has 0 saturated carbocycles. The average molecular weight is 420 g/mol. The molecule has 3 rings (SSSR count). The molecule has 1 heterocycles. The number of rotatable bonds is 5. The normalized spacial score (nSPS) is 18.5. The number of fused-ring (bicyclic) bond motifs is 1. The van der Waals surface area contributed by atoms with Crippen LogP contribution in [0.15, 0.2) is 59.4 Å². The zero-order valence-electron chi connectivity index (χ0n) is 18.8. The molecule has 164 valence electrons. The van der Waals surface area contributed by atoms with Gasteiger partial charge in [0.25, 0.3) is 0 Å². The maximum atomic E-state index is 6.39. The zero-order chi connectivity index (χ0) is 22.5. The van der Waals surface area contributed by atoms with Gasteiger partial charge in [0.2, 0.25) is 0 Å². The summed E-state index contributed by atoms with van der Waals surface area (Å²) in [6, 6.07) is 14.7. The van der Waals surface area contributed by atoms with Crippen LogP contribution in [0.4, 0.5) is 11.4 Å². The summed E-state index contributed by atoms with van der Waals surface area (Å²) in [7, 11) is 5.81. The molecule has 0 amide bonds. The Balaban J connectivity index is 2.12. The van der Waals surface area contributed by atoms with E-state index in [1.165, 1.54) is 0 Å². The van der Waals surface area contributed by atoms with Gasteiger partial charge in [0.15, 0.2) is 0 Å². The Morgan fingerprint density at radius 2 is 2.00 bits per heavy atom. The molecule has 0 saturated heterocycles. The fourth-order valence-electron chi connectivity index (χ4n) is 3.95. The van der Waals surface area contributed by atoms with E-state index in [0.29, 0.717) is 12.2 Å². The van der Waals surface area contributed by atoms with Gasteiger partial charge in [-0.05, 0) is 48.7 Å². The second kappa shape index (κ2) is 9.57. The van der Waals surface area contributed by atoms with Gasteiger partial charge in [-0.15, -0.1) is 0 Å². The number of hydrazine groups is 1. The zero-order valence-corrected chi connectivity index (χ0v) is 18.8. The van der Waals surface area contributed by atoms with Crippen LogP contribution in [0, 0.1) is 0 Å². The molecular weight excluding hydrogens is 386 g/mol. The van der Waals surface area contributed by atoms with Crippen LogP contribution in [0.3, 0.4) is 0 Å². The second-order valence-electron chi connectivity index (χ2n) is 7.97. The van der Waals surface area contributed by atoms with Gasteiger partial charge in [-0.3, -0.25) is 4.99 Å². The minimum Gasteiger partial charge on any atom is -0.404 e. The number of nitrogens with zero attached hydrogens (tertiary/aromatic N) is 3. The van der Waals surface area contributed by atoms with Gasteiger partial charge in [-0.25, -0.2) is 5.84 Å². The summed E-state index contributed by atoms with van der Waals surface area (Å²) in [6.45, 7) is 2.56.